The van der Waals surface area contributed by atoms with Crippen LogP contribution in [0, 0.1) is 0 Å². The van der Waals surface area contributed by atoms with E-state index in [1.54, 1.807) is 13.2 Å². The smallest absolute Gasteiger partial charge is 0.235 e. The van der Waals surface area contributed by atoms with E-state index in [2.05, 4.69) is 25.9 Å². The fourth-order valence-electron chi connectivity index (χ4n) is 2.78. The summed E-state index contributed by atoms with van der Waals surface area (Å²) in [6.07, 6.45) is 0.367. The lowest BCUT2D eigenvalue weighted by Crippen LogP contribution is -2.24. The van der Waals surface area contributed by atoms with Crippen molar-refractivity contribution in [2.24, 2.45) is 0 Å². The quantitative estimate of drug-likeness (QED) is 0.634. The lowest BCUT2D eigenvalue weighted by atomic mass is 9.97. The number of amides is 1. The van der Waals surface area contributed by atoms with Crippen molar-refractivity contribution in [3.8, 4) is 11.5 Å². The van der Waals surface area contributed by atoms with E-state index >= 15 is 0 Å². The number of anilines is 1. The molecule has 140 valence electrons. The Morgan fingerprint density at radius 1 is 1.15 bits per heavy atom. The van der Waals surface area contributed by atoms with E-state index in [4.69, 9.17) is 9.47 Å². The molecule has 0 radical (unpaired) electrons. The van der Waals surface area contributed by atoms with Gasteiger partial charge < -0.3 is 14.8 Å². The Kier molecular flexibility index (Phi) is 5.98. The zero-order chi connectivity index (χ0) is 19.1. The standard InChI is InChI=1S/C19H21N5O3/c1-3-27-17-11-7-5-9-15(17)20-19(25)14(18-21-23-24-22-18)12-13-8-4-6-10-16(13)26-2/h4-11,14H,3,12H2,1-2H3,(H,20,25)(H,21,22,23,24)/t14-/m0/s1. The van der Waals surface area contributed by atoms with Crippen LogP contribution < -0.4 is 14.8 Å². The first-order valence-electron chi connectivity index (χ1n) is 8.60. The van der Waals surface area contributed by atoms with Crippen molar-refractivity contribution in [2.45, 2.75) is 19.3 Å². The van der Waals surface area contributed by atoms with Crippen molar-refractivity contribution in [1.82, 2.24) is 20.6 Å². The molecular weight excluding hydrogens is 346 g/mol. The van der Waals surface area contributed by atoms with Crippen LogP contribution in [0.2, 0.25) is 0 Å². The number of nitrogens with one attached hydrogen (secondary N) is 2. The number of hydrogen-bond acceptors (Lipinski definition) is 6. The zero-order valence-corrected chi connectivity index (χ0v) is 15.2. The van der Waals surface area contributed by atoms with Gasteiger partial charge in [0.1, 0.15) is 17.4 Å². The normalized spacial score (nSPS) is 11.6. The first kappa shape index (κ1) is 18.4. The summed E-state index contributed by atoms with van der Waals surface area (Å²) in [7, 11) is 1.60. The predicted molar refractivity (Wildman–Crippen MR) is 99.9 cm³/mol. The van der Waals surface area contributed by atoms with Crippen LogP contribution in [0.3, 0.4) is 0 Å². The highest BCUT2D eigenvalue weighted by atomic mass is 16.5. The molecule has 27 heavy (non-hydrogen) atoms. The van der Waals surface area contributed by atoms with Crippen molar-refractivity contribution < 1.29 is 14.3 Å². The maximum Gasteiger partial charge on any atom is 0.235 e. The van der Waals surface area contributed by atoms with Crippen LogP contribution in [0.5, 0.6) is 11.5 Å². The van der Waals surface area contributed by atoms with Gasteiger partial charge in [-0.15, -0.1) is 10.2 Å². The van der Waals surface area contributed by atoms with Crippen LogP contribution >= 0.6 is 0 Å². The van der Waals surface area contributed by atoms with Crippen LogP contribution in [0.15, 0.2) is 48.5 Å². The molecule has 3 rings (SSSR count). The van der Waals surface area contributed by atoms with Crippen LogP contribution in [0.1, 0.15) is 24.2 Å². The van der Waals surface area contributed by atoms with Gasteiger partial charge in [0.25, 0.3) is 0 Å². The topological polar surface area (TPSA) is 102 Å². The molecule has 8 nitrogen and oxygen atoms in total. The molecule has 1 aromatic heterocycles. The van der Waals surface area contributed by atoms with Crippen LogP contribution in [0.4, 0.5) is 5.69 Å². The van der Waals surface area contributed by atoms with Crippen molar-refractivity contribution in [3.63, 3.8) is 0 Å². The molecule has 8 heteroatoms. The second kappa shape index (κ2) is 8.79. The third-order valence-corrected chi connectivity index (χ3v) is 4.05. The Morgan fingerprint density at radius 3 is 2.59 bits per heavy atom. The van der Waals surface area contributed by atoms with Gasteiger partial charge in [-0.2, -0.15) is 5.21 Å². The summed E-state index contributed by atoms with van der Waals surface area (Å²) in [6, 6.07) is 14.8. The highest BCUT2D eigenvalue weighted by Gasteiger charge is 2.27. The average molecular weight is 367 g/mol. The summed E-state index contributed by atoms with van der Waals surface area (Å²) >= 11 is 0. The molecule has 0 fully saturated rings. The van der Waals surface area contributed by atoms with Gasteiger partial charge in [-0.1, -0.05) is 35.5 Å². The average Bonchev–Trinajstić information content (AvgIpc) is 3.22. The number of H-pyrrole nitrogens is 1. The molecule has 1 amide bonds. The summed E-state index contributed by atoms with van der Waals surface area (Å²) in [5, 5.41) is 16.9. The lowest BCUT2D eigenvalue weighted by Gasteiger charge is -2.17. The third-order valence-electron chi connectivity index (χ3n) is 4.05. The number of methoxy groups -OCH3 is 1. The Balaban J connectivity index is 1.87. The summed E-state index contributed by atoms with van der Waals surface area (Å²) < 4.78 is 11.0. The monoisotopic (exact) mass is 367 g/mol. The fourth-order valence-corrected chi connectivity index (χ4v) is 2.78. The van der Waals surface area contributed by atoms with E-state index in [1.807, 2.05) is 49.4 Å². The Morgan fingerprint density at radius 2 is 1.89 bits per heavy atom. The first-order valence-corrected chi connectivity index (χ1v) is 8.60. The molecule has 2 aromatic carbocycles. The molecule has 2 N–H and O–H groups in total. The highest BCUT2D eigenvalue weighted by molar-refractivity contribution is 5.96. The predicted octanol–water partition coefficient (Wildman–Crippen LogP) is 2.57. The Labute approximate surface area is 156 Å². The number of para-hydroxylation sites is 3. The molecule has 3 aromatic rings. The number of rotatable bonds is 8. The Bertz CT molecular complexity index is 883. The summed E-state index contributed by atoms with van der Waals surface area (Å²) in [5.41, 5.74) is 1.47. The van der Waals surface area contributed by atoms with Gasteiger partial charge in [-0.25, -0.2) is 0 Å². The van der Waals surface area contributed by atoms with Crippen LogP contribution in [-0.4, -0.2) is 40.2 Å². The summed E-state index contributed by atoms with van der Waals surface area (Å²) in [4.78, 5) is 13.0. The highest BCUT2D eigenvalue weighted by Crippen LogP contribution is 2.28. The minimum absolute atomic E-state index is 0.255. The van der Waals surface area contributed by atoms with E-state index in [0.717, 1.165) is 5.56 Å². The molecule has 0 aliphatic carbocycles. The maximum absolute atomic E-state index is 13.0. The number of aromatic nitrogens is 4. The van der Waals surface area contributed by atoms with Gasteiger partial charge in [-0.3, -0.25) is 4.79 Å². The minimum Gasteiger partial charge on any atom is -0.496 e. The van der Waals surface area contributed by atoms with Crippen LogP contribution in [0.25, 0.3) is 0 Å². The number of nitrogens with zero attached hydrogens (tertiary/aromatic N) is 3. The van der Waals surface area contributed by atoms with Gasteiger partial charge in [0, 0.05) is 0 Å². The Hall–Kier alpha value is -3.42. The SMILES string of the molecule is CCOc1ccccc1NC(=O)[C@@H](Cc1ccccc1OC)c1nn[nH]n1. The number of aromatic amines is 1. The fraction of sp³-hybridized carbons (Fsp3) is 0.263. The number of carbonyl (C=O) groups is 1. The summed E-state index contributed by atoms with van der Waals surface area (Å²) in [6.45, 7) is 2.39. The number of tetrazole rings is 1. The van der Waals surface area contributed by atoms with Gasteiger partial charge in [0.05, 0.1) is 19.4 Å². The van der Waals surface area contributed by atoms with Crippen LogP contribution in [-0.2, 0) is 11.2 Å². The molecule has 0 aliphatic rings. The molecule has 0 aliphatic heterocycles. The lowest BCUT2D eigenvalue weighted by molar-refractivity contribution is -0.117. The van der Waals surface area contributed by atoms with Gasteiger partial charge in [-0.05, 0) is 37.1 Å². The second-order valence-corrected chi connectivity index (χ2v) is 5.76. The molecule has 0 saturated heterocycles. The molecule has 0 spiro atoms. The number of carbonyl (C=O) groups excluding carboxylic acids is 1. The number of benzene rings is 2. The van der Waals surface area contributed by atoms with Gasteiger partial charge in [0.2, 0.25) is 5.91 Å². The van der Waals surface area contributed by atoms with E-state index in [0.29, 0.717) is 36.0 Å². The van der Waals surface area contributed by atoms with Crippen molar-refractivity contribution >= 4 is 11.6 Å². The van der Waals surface area contributed by atoms with Crippen molar-refractivity contribution in [2.75, 3.05) is 19.0 Å². The summed E-state index contributed by atoms with van der Waals surface area (Å²) in [5.74, 6) is 0.725. The number of ether oxygens (including phenoxy) is 2. The molecule has 0 bridgehead atoms. The third kappa shape index (κ3) is 4.41. The first-order chi connectivity index (χ1) is 13.2. The van der Waals surface area contributed by atoms with Crippen molar-refractivity contribution in [1.29, 1.82) is 0 Å². The van der Waals surface area contributed by atoms with E-state index in [1.165, 1.54) is 0 Å². The second-order valence-electron chi connectivity index (χ2n) is 5.76. The molecule has 1 atom stereocenters. The molecule has 1 heterocycles. The number of hydrogen-bond donors (Lipinski definition) is 2. The van der Waals surface area contributed by atoms with E-state index in [9.17, 15) is 4.79 Å². The van der Waals surface area contributed by atoms with Crippen molar-refractivity contribution in [3.05, 3.63) is 59.9 Å². The van der Waals surface area contributed by atoms with E-state index < -0.39 is 5.92 Å². The maximum atomic E-state index is 13.0. The molecule has 0 saturated carbocycles. The van der Waals surface area contributed by atoms with Gasteiger partial charge in [0.15, 0.2) is 5.82 Å². The largest absolute Gasteiger partial charge is 0.496 e. The zero-order valence-electron chi connectivity index (χ0n) is 15.2. The minimum atomic E-state index is -0.644. The molecule has 0 unspecified atom stereocenters. The van der Waals surface area contributed by atoms with E-state index in [-0.39, 0.29) is 5.91 Å². The molecular formula is C19H21N5O3. The van der Waals surface area contributed by atoms with Gasteiger partial charge >= 0.3 is 0 Å².